The topological polar surface area (TPSA) is 50.7 Å². The zero-order valence-electron chi connectivity index (χ0n) is 9.40. The molecule has 0 amide bonds. The van der Waals surface area contributed by atoms with Crippen molar-refractivity contribution in [2.45, 2.75) is 0 Å². The SMILES string of the molecule is COc1cccc(NCC2(CO)COC2)c1. The maximum atomic E-state index is 9.27. The van der Waals surface area contributed by atoms with Crippen molar-refractivity contribution in [2.75, 3.05) is 38.8 Å². The molecule has 2 rings (SSSR count). The molecule has 0 unspecified atom stereocenters. The van der Waals surface area contributed by atoms with Crippen LogP contribution in [0, 0.1) is 5.41 Å². The first-order chi connectivity index (χ1) is 7.78. The second-order valence-corrected chi connectivity index (χ2v) is 4.24. The highest BCUT2D eigenvalue weighted by Crippen LogP contribution is 2.27. The first kappa shape index (κ1) is 11.2. The van der Waals surface area contributed by atoms with Crippen LogP contribution in [0.5, 0.6) is 5.75 Å². The number of aliphatic hydroxyl groups excluding tert-OH is 1. The lowest BCUT2D eigenvalue weighted by Gasteiger charge is -2.40. The summed E-state index contributed by atoms with van der Waals surface area (Å²) < 4.78 is 10.3. The number of nitrogens with one attached hydrogen (secondary N) is 1. The second kappa shape index (κ2) is 4.72. The van der Waals surface area contributed by atoms with Gasteiger partial charge in [-0.2, -0.15) is 0 Å². The third-order valence-electron chi connectivity index (χ3n) is 2.89. The van der Waals surface area contributed by atoms with Crippen molar-refractivity contribution < 1.29 is 14.6 Å². The molecule has 1 heterocycles. The molecule has 1 saturated heterocycles. The maximum Gasteiger partial charge on any atom is 0.120 e. The predicted octanol–water partition coefficient (Wildman–Crippen LogP) is 1.12. The van der Waals surface area contributed by atoms with Crippen LogP contribution in [0.25, 0.3) is 0 Å². The van der Waals surface area contributed by atoms with E-state index in [1.807, 2.05) is 24.3 Å². The molecule has 1 aliphatic rings. The Morgan fingerprint density at radius 3 is 2.88 bits per heavy atom. The predicted molar refractivity (Wildman–Crippen MR) is 61.8 cm³/mol. The van der Waals surface area contributed by atoms with Crippen LogP contribution in [-0.2, 0) is 4.74 Å². The standard InChI is InChI=1S/C12H17NO3/c1-15-11-4-2-3-10(5-11)13-6-12(7-14)8-16-9-12/h2-5,13-14H,6-9H2,1H3. The number of rotatable bonds is 5. The van der Waals surface area contributed by atoms with Crippen LogP contribution in [-0.4, -0.2) is 38.6 Å². The van der Waals surface area contributed by atoms with E-state index < -0.39 is 0 Å². The van der Waals surface area contributed by atoms with Gasteiger partial charge in [-0.3, -0.25) is 0 Å². The summed E-state index contributed by atoms with van der Waals surface area (Å²) in [6.07, 6.45) is 0. The zero-order chi connectivity index (χ0) is 11.4. The molecule has 0 radical (unpaired) electrons. The number of anilines is 1. The van der Waals surface area contributed by atoms with Crippen molar-refractivity contribution in [1.29, 1.82) is 0 Å². The number of aliphatic hydroxyl groups is 1. The van der Waals surface area contributed by atoms with Crippen LogP contribution in [0.1, 0.15) is 0 Å². The van der Waals surface area contributed by atoms with E-state index >= 15 is 0 Å². The fraction of sp³-hybridized carbons (Fsp3) is 0.500. The maximum absolute atomic E-state index is 9.27. The first-order valence-electron chi connectivity index (χ1n) is 5.35. The van der Waals surface area contributed by atoms with Crippen molar-refractivity contribution in [1.82, 2.24) is 0 Å². The van der Waals surface area contributed by atoms with Gasteiger partial charge in [-0.05, 0) is 12.1 Å². The smallest absolute Gasteiger partial charge is 0.120 e. The summed E-state index contributed by atoms with van der Waals surface area (Å²) >= 11 is 0. The molecule has 0 aromatic heterocycles. The summed E-state index contributed by atoms with van der Waals surface area (Å²) in [6, 6.07) is 7.75. The normalized spacial score (nSPS) is 17.6. The van der Waals surface area contributed by atoms with Gasteiger partial charge < -0.3 is 19.9 Å². The molecular weight excluding hydrogens is 206 g/mol. The molecule has 2 N–H and O–H groups in total. The van der Waals surface area contributed by atoms with Crippen LogP contribution in [0.15, 0.2) is 24.3 Å². The molecule has 0 saturated carbocycles. The Kier molecular flexibility index (Phi) is 3.31. The molecule has 1 aromatic rings. The fourth-order valence-electron chi connectivity index (χ4n) is 1.66. The van der Waals surface area contributed by atoms with Gasteiger partial charge in [-0.25, -0.2) is 0 Å². The van der Waals surface area contributed by atoms with Crippen molar-refractivity contribution >= 4 is 5.69 Å². The average Bonchev–Trinajstić information content (AvgIpc) is 2.29. The van der Waals surface area contributed by atoms with E-state index in [1.54, 1.807) is 7.11 Å². The summed E-state index contributed by atoms with van der Waals surface area (Å²) in [5.74, 6) is 0.827. The van der Waals surface area contributed by atoms with Gasteiger partial charge in [0.25, 0.3) is 0 Å². The molecule has 0 spiro atoms. The van der Waals surface area contributed by atoms with E-state index in [4.69, 9.17) is 9.47 Å². The summed E-state index contributed by atoms with van der Waals surface area (Å²) in [5, 5.41) is 12.6. The Bertz CT molecular complexity index is 344. The highest BCUT2D eigenvalue weighted by Gasteiger charge is 2.37. The van der Waals surface area contributed by atoms with Crippen LogP contribution in [0.3, 0.4) is 0 Å². The van der Waals surface area contributed by atoms with Gasteiger partial charge in [-0.15, -0.1) is 0 Å². The van der Waals surface area contributed by atoms with Gasteiger partial charge in [0.05, 0.1) is 32.3 Å². The minimum Gasteiger partial charge on any atom is -0.497 e. The van der Waals surface area contributed by atoms with E-state index in [0.717, 1.165) is 18.0 Å². The Morgan fingerprint density at radius 1 is 1.50 bits per heavy atom. The van der Waals surface area contributed by atoms with Crippen LogP contribution < -0.4 is 10.1 Å². The van der Waals surface area contributed by atoms with E-state index in [2.05, 4.69) is 5.32 Å². The number of benzene rings is 1. The number of hydrogen-bond donors (Lipinski definition) is 2. The minimum atomic E-state index is -0.108. The lowest BCUT2D eigenvalue weighted by atomic mass is 9.87. The highest BCUT2D eigenvalue weighted by atomic mass is 16.5. The Labute approximate surface area is 95.2 Å². The van der Waals surface area contributed by atoms with E-state index in [-0.39, 0.29) is 12.0 Å². The summed E-state index contributed by atoms with van der Waals surface area (Å²) in [6.45, 7) is 2.13. The summed E-state index contributed by atoms with van der Waals surface area (Å²) in [4.78, 5) is 0. The zero-order valence-corrected chi connectivity index (χ0v) is 9.40. The lowest BCUT2D eigenvalue weighted by molar-refractivity contribution is -0.128. The quantitative estimate of drug-likeness (QED) is 0.785. The molecule has 4 heteroatoms. The monoisotopic (exact) mass is 223 g/mol. The minimum absolute atomic E-state index is 0.108. The van der Waals surface area contributed by atoms with Crippen molar-refractivity contribution in [3.05, 3.63) is 24.3 Å². The molecular formula is C12H17NO3. The third kappa shape index (κ3) is 2.28. The summed E-state index contributed by atoms with van der Waals surface area (Å²) in [5.41, 5.74) is 0.891. The van der Waals surface area contributed by atoms with Crippen LogP contribution in [0.4, 0.5) is 5.69 Å². The van der Waals surface area contributed by atoms with Gasteiger partial charge >= 0.3 is 0 Å². The number of ether oxygens (including phenoxy) is 2. The lowest BCUT2D eigenvalue weighted by Crippen LogP contribution is -2.50. The molecule has 1 aliphatic heterocycles. The molecule has 1 fully saturated rings. The van der Waals surface area contributed by atoms with E-state index in [0.29, 0.717) is 13.2 Å². The van der Waals surface area contributed by atoms with Gasteiger partial charge in [0, 0.05) is 18.3 Å². The van der Waals surface area contributed by atoms with Crippen LogP contribution >= 0.6 is 0 Å². The number of hydrogen-bond acceptors (Lipinski definition) is 4. The third-order valence-corrected chi connectivity index (χ3v) is 2.89. The summed E-state index contributed by atoms with van der Waals surface area (Å²) in [7, 11) is 1.65. The molecule has 0 bridgehead atoms. The highest BCUT2D eigenvalue weighted by molar-refractivity contribution is 5.48. The molecule has 16 heavy (non-hydrogen) atoms. The molecule has 4 nitrogen and oxygen atoms in total. The molecule has 88 valence electrons. The van der Waals surface area contributed by atoms with Crippen molar-refractivity contribution in [2.24, 2.45) is 5.41 Å². The van der Waals surface area contributed by atoms with Gasteiger partial charge in [-0.1, -0.05) is 6.07 Å². The van der Waals surface area contributed by atoms with Crippen LogP contribution in [0.2, 0.25) is 0 Å². The number of methoxy groups -OCH3 is 1. The van der Waals surface area contributed by atoms with Crippen molar-refractivity contribution in [3.8, 4) is 5.75 Å². The van der Waals surface area contributed by atoms with Gasteiger partial charge in [0.2, 0.25) is 0 Å². The Morgan fingerprint density at radius 2 is 2.31 bits per heavy atom. The second-order valence-electron chi connectivity index (χ2n) is 4.24. The van der Waals surface area contributed by atoms with E-state index in [9.17, 15) is 5.11 Å². The first-order valence-corrected chi connectivity index (χ1v) is 5.35. The largest absolute Gasteiger partial charge is 0.497 e. The Balaban J connectivity index is 1.93. The molecule has 0 atom stereocenters. The molecule has 1 aromatic carbocycles. The fourth-order valence-corrected chi connectivity index (χ4v) is 1.66. The Hall–Kier alpha value is -1.26. The van der Waals surface area contributed by atoms with Gasteiger partial charge in [0.15, 0.2) is 0 Å². The van der Waals surface area contributed by atoms with Crippen molar-refractivity contribution in [3.63, 3.8) is 0 Å². The average molecular weight is 223 g/mol. The van der Waals surface area contributed by atoms with Gasteiger partial charge in [0.1, 0.15) is 5.75 Å². The van der Waals surface area contributed by atoms with E-state index in [1.165, 1.54) is 0 Å². The molecule has 0 aliphatic carbocycles.